The first kappa shape index (κ1) is 13.6. The molecule has 6 nitrogen and oxygen atoms in total. The molecule has 19 heavy (non-hydrogen) atoms. The van der Waals surface area contributed by atoms with Gasteiger partial charge in [-0.3, -0.25) is 0 Å². The number of likely N-dealkylation sites (N-methyl/N-ethyl adjacent to an activating group) is 1. The molecule has 1 heterocycles. The maximum absolute atomic E-state index is 11.9. The van der Waals surface area contributed by atoms with E-state index in [4.69, 9.17) is 20.9 Å². The Morgan fingerprint density at radius 2 is 2.11 bits per heavy atom. The zero-order valence-corrected chi connectivity index (χ0v) is 11.0. The van der Waals surface area contributed by atoms with E-state index in [0.29, 0.717) is 23.5 Å². The van der Waals surface area contributed by atoms with Crippen LogP contribution in [0.1, 0.15) is 10.4 Å². The van der Waals surface area contributed by atoms with Crippen LogP contribution in [0.4, 0.5) is 11.4 Å². The lowest BCUT2D eigenvalue weighted by atomic mass is 10.2. The Morgan fingerprint density at radius 3 is 2.74 bits per heavy atom. The van der Waals surface area contributed by atoms with Crippen molar-refractivity contribution in [2.45, 2.75) is 6.10 Å². The first-order valence-corrected chi connectivity index (χ1v) is 6.18. The van der Waals surface area contributed by atoms with E-state index >= 15 is 0 Å². The Kier molecular flexibility index (Phi) is 4.24. The van der Waals surface area contributed by atoms with Crippen LogP contribution in [0.5, 0.6) is 0 Å². The van der Waals surface area contributed by atoms with E-state index in [1.54, 1.807) is 18.2 Å². The lowest BCUT2D eigenvalue weighted by Gasteiger charge is -2.29. The molecule has 0 bridgehead atoms. The average molecular weight is 265 g/mol. The number of hydrogen-bond donors (Lipinski definition) is 2. The third-order valence-electron chi connectivity index (χ3n) is 2.96. The van der Waals surface area contributed by atoms with Crippen molar-refractivity contribution >= 4 is 17.3 Å². The Balaban J connectivity index is 1.90. The molecule has 6 heteroatoms. The van der Waals surface area contributed by atoms with Gasteiger partial charge in [0.05, 0.1) is 12.2 Å². The Morgan fingerprint density at radius 1 is 1.42 bits per heavy atom. The van der Waals surface area contributed by atoms with Gasteiger partial charge in [-0.2, -0.15) is 0 Å². The lowest BCUT2D eigenvalue weighted by molar-refractivity contribution is -0.0528. The Labute approximate surface area is 112 Å². The zero-order valence-electron chi connectivity index (χ0n) is 11.0. The second-order valence-corrected chi connectivity index (χ2v) is 4.74. The van der Waals surface area contributed by atoms with Gasteiger partial charge in [-0.25, -0.2) is 4.79 Å². The zero-order chi connectivity index (χ0) is 13.8. The minimum Gasteiger partial charge on any atom is -0.459 e. The van der Waals surface area contributed by atoms with E-state index in [-0.39, 0.29) is 12.7 Å². The molecule has 1 saturated heterocycles. The maximum atomic E-state index is 11.9. The van der Waals surface area contributed by atoms with Crippen LogP contribution in [0, 0.1) is 0 Å². The number of morpholine rings is 1. The predicted molar refractivity (Wildman–Crippen MR) is 72.8 cm³/mol. The van der Waals surface area contributed by atoms with Gasteiger partial charge in [-0.15, -0.1) is 0 Å². The highest BCUT2D eigenvalue weighted by Gasteiger charge is 2.20. The molecule has 1 fully saturated rings. The summed E-state index contributed by atoms with van der Waals surface area (Å²) in [6.45, 7) is 2.55. The molecule has 104 valence electrons. The van der Waals surface area contributed by atoms with Crippen molar-refractivity contribution in [3.8, 4) is 0 Å². The molecule has 0 saturated carbocycles. The number of nitrogens with zero attached hydrogens (tertiary/aromatic N) is 1. The van der Waals surface area contributed by atoms with Crippen molar-refractivity contribution in [2.75, 3.05) is 44.8 Å². The average Bonchev–Trinajstić information content (AvgIpc) is 2.35. The molecule has 0 aromatic heterocycles. The van der Waals surface area contributed by atoms with Gasteiger partial charge in [0.25, 0.3) is 0 Å². The molecule has 0 radical (unpaired) electrons. The smallest absolute Gasteiger partial charge is 0.338 e. The van der Waals surface area contributed by atoms with Crippen LogP contribution in [0.3, 0.4) is 0 Å². The number of ether oxygens (including phenoxy) is 2. The summed E-state index contributed by atoms with van der Waals surface area (Å²) in [6.07, 6.45) is -0.0823. The normalized spacial score (nSPS) is 20.2. The molecule has 0 amide bonds. The fraction of sp³-hybridized carbons (Fsp3) is 0.462. The van der Waals surface area contributed by atoms with Crippen molar-refractivity contribution in [3.63, 3.8) is 0 Å². The summed E-state index contributed by atoms with van der Waals surface area (Å²) in [6, 6.07) is 4.69. The predicted octanol–water partition coefficient (Wildman–Crippen LogP) is 0.338. The van der Waals surface area contributed by atoms with Crippen molar-refractivity contribution in [3.05, 3.63) is 23.8 Å². The minimum absolute atomic E-state index is 0.0823. The first-order valence-electron chi connectivity index (χ1n) is 6.18. The van der Waals surface area contributed by atoms with Crippen molar-refractivity contribution < 1.29 is 14.3 Å². The summed E-state index contributed by atoms with van der Waals surface area (Å²) in [7, 11) is 2.01. The first-order chi connectivity index (χ1) is 9.04. The highest BCUT2D eigenvalue weighted by atomic mass is 16.6. The van der Waals surface area contributed by atoms with E-state index in [1.807, 2.05) is 7.05 Å². The second kappa shape index (κ2) is 5.90. The van der Waals surface area contributed by atoms with Crippen LogP contribution in [-0.4, -0.2) is 50.3 Å². The summed E-state index contributed by atoms with van der Waals surface area (Å²) >= 11 is 0. The largest absolute Gasteiger partial charge is 0.459 e. The highest BCUT2D eigenvalue weighted by Crippen LogP contribution is 2.15. The van der Waals surface area contributed by atoms with Crippen LogP contribution in [0.25, 0.3) is 0 Å². The molecule has 1 unspecified atom stereocenters. The molecule has 4 N–H and O–H groups in total. The fourth-order valence-electron chi connectivity index (χ4n) is 2.01. The number of carbonyl (C=O) groups is 1. The quantitative estimate of drug-likeness (QED) is 0.605. The van der Waals surface area contributed by atoms with Crippen LogP contribution >= 0.6 is 0 Å². The van der Waals surface area contributed by atoms with Crippen molar-refractivity contribution in [2.24, 2.45) is 0 Å². The van der Waals surface area contributed by atoms with Crippen LogP contribution in [0.15, 0.2) is 18.2 Å². The van der Waals surface area contributed by atoms with Gasteiger partial charge in [0.1, 0.15) is 12.7 Å². The molecule has 1 aromatic rings. The summed E-state index contributed by atoms with van der Waals surface area (Å²) < 4.78 is 10.7. The standard InChI is InChI=1S/C13H19N3O3/c1-16-2-3-18-12(7-16)8-19-13(17)9-4-10(14)6-11(15)5-9/h4-6,12H,2-3,7-8,14-15H2,1H3. The number of nitrogens with two attached hydrogens (primary N) is 2. The number of rotatable bonds is 3. The molecule has 0 aliphatic carbocycles. The number of anilines is 2. The molecule has 1 aromatic carbocycles. The van der Waals surface area contributed by atoms with E-state index in [0.717, 1.165) is 13.1 Å². The molecule has 1 aliphatic heterocycles. The topological polar surface area (TPSA) is 90.8 Å². The number of benzene rings is 1. The fourth-order valence-corrected chi connectivity index (χ4v) is 2.01. The van der Waals surface area contributed by atoms with E-state index in [1.165, 1.54) is 0 Å². The van der Waals surface area contributed by atoms with Gasteiger partial charge in [-0.05, 0) is 25.2 Å². The van der Waals surface area contributed by atoms with E-state index in [2.05, 4.69) is 4.90 Å². The third-order valence-corrected chi connectivity index (χ3v) is 2.96. The minimum atomic E-state index is -0.434. The summed E-state index contributed by atoms with van der Waals surface area (Å²) in [5, 5.41) is 0. The molecule has 1 aliphatic rings. The monoisotopic (exact) mass is 265 g/mol. The van der Waals surface area contributed by atoms with Crippen LogP contribution in [0.2, 0.25) is 0 Å². The second-order valence-electron chi connectivity index (χ2n) is 4.74. The number of esters is 1. The molecule has 2 rings (SSSR count). The number of carbonyl (C=O) groups excluding carboxylic acids is 1. The number of hydrogen-bond acceptors (Lipinski definition) is 6. The molecular weight excluding hydrogens is 246 g/mol. The van der Waals surface area contributed by atoms with Gasteiger partial charge in [0.15, 0.2) is 0 Å². The highest BCUT2D eigenvalue weighted by molar-refractivity contribution is 5.91. The number of nitrogen functional groups attached to an aromatic ring is 2. The maximum Gasteiger partial charge on any atom is 0.338 e. The van der Waals surface area contributed by atoms with Crippen molar-refractivity contribution in [1.82, 2.24) is 4.90 Å². The third kappa shape index (κ3) is 3.84. The summed E-state index contributed by atoms with van der Waals surface area (Å²) in [5.74, 6) is -0.434. The lowest BCUT2D eigenvalue weighted by Crippen LogP contribution is -2.42. The van der Waals surface area contributed by atoms with Gasteiger partial charge < -0.3 is 25.8 Å². The van der Waals surface area contributed by atoms with Crippen molar-refractivity contribution in [1.29, 1.82) is 0 Å². The summed E-state index contributed by atoms with van der Waals surface area (Å²) in [5.41, 5.74) is 12.5. The van der Waals surface area contributed by atoms with Crippen LogP contribution in [-0.2, 0) is 9.47 Å². The van der Waals surface area contributed by atoms with E-state index in [9.17, 15) is 4.79 Å². The Hall–Kier alpha value is -1.79. The van der Waals surface area contributed by atoms with Gasteiger partial charge in [0.2, 0.25) is 0 Å². The van der Waals surface area contributed by atoms with Crippen LogP contribution < -0.4 is 11.5 Å². The van der Waals surface area contributed by atoms with Gasteiger partial charge in [0, 0.05) is 24.5 Å². The van der Waals surface area contributed by atoms with E-state index < -0.39 is 5.97 Å². The van der Waals surface area contributed by atoms with Gasteiger partial charge >= 0.3 is 5.97 Å². The SMILES string of the molecule is CN1CCOC(COC(=O)c2cc(N)cc(N)c2)C1. The summed E-state index contributed by atoms with van der Waals surface area (Å²) in [4.78, 5) is 14.0. The molecular formula is C13H19N3O3. The molecule has 0 spiro atoms. The van der Waals surface area contributed by atoms with Gasteiger partial charge in [-0.1, -0.05) is 0 Å². The molecule has 1 atom stereocenters. The Bertz CT molecular complexity index is 444.